The van der Waals surface area contributed by atoms with E-state index in [-0.39, 0.29) is 17.8 Å². The lowest BCUT2D eigenvalue weighted by atomic mass is 9.88. The smallest absolute Gasteiger partial charge is 0.251 e. The van der Waals surface area contributed by atoms with E-state index in [1.165, 1.54) is 23.3 Å². The summed E-state index contributed by atoms with van der Waals surface area (Å²) >= 11 is 0. The first kappa shape index (κ1) is 23.7. The summed E-state index contributed by atoms with van der Waals surface area (Å²) in [7, 11) is 0. The Bertz CT molecular complexity index is 1350. The van der Waals surface area contributed by atoms with Crippen molar-refractivity contribution in [1.82, 2.24) is 20.4 Å². The zero-order valence-electron chi connectivity index (χ0n) is 20.2. The molecule has 1 aliphatic heterocycles. The summed E-state index contributed by atoms with van der Waals surface area (Å²) in [6, 6.07) is 24.2. The van der Waals surface area contributed by atoms with E-state index < -0.39 is 0 Å². The number of hydrogen-bond acceptors (Lipinski definition) is 3. The third kappa shape index (κ3) is 5.29. The highest BCUT2D eigenvalue weighted by Crippen LogP contribution is 2.32. The fraction of sp³-hybridized carbons (Fsp3) is 0.200. The lowest BCUT2D eigenvalue weighted by molar-refractivity contribution is 0.0940. The number of halogens is 1. The maximum Gasteiger partial charge on any atom is 0.251 e. The first-order chi connectivity index (χ1) is 17.6. The van der Waals surface area contributed by atoms with Gasteiger partial charge in [0.1, 0.15) is 5.82 Å². The van der Waals surface area contributed by atoms with E-state index in [4.69, 9.17) is 0 Å². The Hall–Kier alpha value is -4.03. The molecule has 0 spiro atoms. The summed E-state index contributed by atoms with van der Waals surface area (Å²) in [5.41, 5.74) is 7.13. The minimum atomic E-state index is -0.233. The zero-order chi connectivity index (χ0) is 24.9. The van der Waals surface area contributed by atoms with Crippen LogP contribution in [0, 0.1) is 5.82 Å². The van der Waals surface area contributed by atoms with Crippen molar-refractivity contribution in [2.24, 2.45) is 0 Å². The molecule has 36 heavy (non-hydrogen) atoms. The van der Waals surface area contributed by atoms with Crippen LogP contribution in [0.4, 0.5) is 4.39 Å². The fourth-order valence-electron chi connectivity index (χ4n) is 4.68. The average molecular weight is 481 g/mol. The summed E-state index contributed by atoms with van der Waals surface area (Å²) in [6.07, 6.45) is 5.50. The van der Waals surface area contributed by atoms with Crippen LogP contribution < -0.4 is 10.6 Å². The maximum atomic E-state index is 13.6. The minimum Gasteiger partial charge on any atom is -0.346 e. The van der Waals surface area contributed by atoms with E-state index in [1.807, 2.05) is 49.5 Å². The van der Waals surface area contributed by atoms with Crippen LogP contribution >= 0.6 is 0 Å². The van der Waals surface area contributed by atoms with Crippen molar-refractivity contribution < 1.29 is 9.18 Å². The van der Waals surface area contributed by atoms with Crippen LogP contribution in [-0.4, -0.2) is 28.8 Å². The van der Waals surface area contributed by atoms with Crippen molar-refractivity contribution in [2.75, 3.05) is 13.1 Å². The van der Waals surface area contributed by atoms with Crippen LogP contribution in [0.2, 0.25) is 0 Å². The molecule has 0 aliphatic carbocycles. The quantitative estimate of drug-likeness (QED) is 0.373. The van der Waals surface area contributed by atoms with Gasteiger partial charge in [-0.05, 0) is 91.5 Å². The van der Waals surface area contributed by atoms with Crippen LogP contribution in [0.25, 0.3) is 11.3 Å². The van der Waals surface area contributed by atoms with Gasteiger partial charge >= 0.3 is 0 Å². The predicted molar refractivity (Wildman–Crippen MR) is 140 cm³/mol. The Labute approximate surface area is 210 Å². The average Bonchev–Trinajstić information content (AvgIpc) is 3.46. The number of benzene rings is 3. The number of carbonyl (C=O) groups excluding carboxylic acids is 1. The monoisotopic (exact) mass is 480 g/mol. The highest BCUT2D eigenvalue weighted by Gasteiger charge is 2.17. The molecule has 1 atom stereocenters. The second kappa shape index (κ2) is 10.7. The van der Waals surface area contributed by atoms with Gasteiger partial charge in [-0.1, -0.05) is 48.0 Å². The number of nitrogens with zero attached hydrogens (tertiary/aromatic N) is 2. The van der Waals surface area contributed by atoms with Crippen molar-refractivity contribution in [2.45, 2.75) is 25.8 Å². The second-order valence-electron chi connectivity index (χ2n) is 9.05. The number of carbonyl (C=O) groups is 1. The van der Waals surface area contributed by atoms with Gasteiger partial charge < -0.3 is 10.6 Å². The van der Waals surface area contributed by atoms with Crippen molar-refractivity contribution in [3.63, 3.8) is 0 Å². The molecule has 3 aromatic carbocycles. The third-order valence-electron chi connectivity index (χ3n) is 6.62. The molecule has 182 valence electrons. The van der Waals surface area contributed by atoms with E-state index in [0.29, 0.717) is 5.56 Å². The van der Waals surface area contributed by atoms with E-state index >= 15 is 0 Å². The molecule has 5 nitrogen and oxygen atoms in total. The topological polar surface area (TPSA) is 59.0 Å². The number of piperidine rings is 1. The second-order valence-corrected chi connectivity index (χ2v) is 9.05. The van der Waals surface area contributed by atoms with E-state index in [0.717, 1.165) is 48.3 Å². The SMILES string of the molecule is C[C@@H](NC(=O)c1cccc(-n2cccn2)c1)c1ccc(C(=C2CCNCC2)c2ccc(F)cc2)cc1. The minimum absolute atomic E-state index is 0.135. The molecule has 4 aromatic rings. The predicted octanol–water partition coefficient (Wildman–Crippen LogP) is 5.69. The van der Waals surface area contributed by atoms with Crippen molar-refractivity contribution >= 4 is 11.5 Å². The van der Waals surface area contributed by atoms with Crippen LogP contribution in [0.15, 0.2) is 96.8 Å². The van der Waals surface area contributed by atoms with Gasteiger partial charge in [-0.3, -0.25) is 4.79 Å². The van der Waals surface area contributed by atoms with Gasteiger partial charge in [0.05, 0.1) is 11.7 Å². The molecule has 0 saturated carbocycles. The molecule has 1 amide bonds. The molecule has 6 heteroatoms. The van der Waals surface area contributed by atoms with Crippen molar-refractivity contribution in [3.05, 3.63) is 125 Å². The van der Waals surface area contributed by atoms with Crippen LogP contribution in [0.3, 0.4) is 0 Å². The Morgan fingerprint density at radius 2 is 1.64 bits per heavy atom. The number of hydrogen-bond donors (Lipinski definition) is 2. The summed E-state index contributed by atoms with van der Waals surface area (Å²) in [5, 5.41) is 10.8. The molecular formula is C30H29FN4O. The van der Waals surface area contributed by atoms with Gasteiger partial charge in [0, 0.05) is 18.0 Å². The normalized spacial score (nSPS) is 14.3. The highest BCUT2D eigenvalue weighted by molar-refractivity contribution is 5.95. The molecular weight excluding hydrogens is 451 g/mol. The Morgan fingerprint density at radius 1 is 0.944 bits per heavy atom. The summed E-state index contributed by atoms with van der Waals surface area (Å²) in [4.78, 5) is 13.0. The lowest BCUT2D eigenvalue weighted by Gasteiger charge is -2.22. The fourth-order valence-corrected chi connectivity index (χ4v) is 4.68. The third-order valence-corrected chi connectivity index (χ3v) is 6.62. The van der Waals surface area contributed by atoms with E-state index in [9.17, 15) is 9.18 Å². The van der Waals surface area contributed by atoms with Crippen LogP contribution in [-0.2, 0) is 0 Å². The molecule has 0 unspecified atom stereocenters. The molecule has 2 N–H and O–H groups in total. The van der Waals surface area contributed by atoms with Gasteiger partial charge in [-0.2, -0.15) is 5.10 Å². The summed E-state index contributed by atoms with van der Waals surface area (Å²) in [6.45, 7) is 3.88. The largest absolute Gasteiger partial charge is 0.346 e. The molecule has 1 fully saturated rings. The Morgan fingerprint density at radius 3 is 2.31 bits per heavy atom. The molecule has 1 aliphatic rings. The Kier molecular flexibility index (Phi) is 7.05. The van der Waals surface area contributed by atoms with E-state index in [1.54, 1.807) is 16.9 Å². The molecule has 0 radical (unpaired) electrons. The van der Waals surface area contributed by atoms with Crippen LogP contribution in [0.5, 0.6) is 0 Å². The van der Waals surface area contributed by atoms with Gasteiger partial charge in [0.2, 0.25) is 0 Å². The Balaban J connectivity index is 1.35. The number of amides is 1. The number of nitrogens with one attached hydrogen (secondary N) is 2. The number of rotatable bonds is 6. The van der Waals surface area contributed by atoms with Gasteiger partial charge in [-0.25, -0.2) is 9.07 Å². The van der Waals surface area contributed by atoms with Crippen molar-refractivity contribution in [1.29, 1.82) is 0 Å². The van der Waals surface area contributed by atoms with Gasteiger partial charge in [0.15, 0.2) is 0 Å². The first-order valence-corrected chi connectivity index (χ1v) is 12.3. The molecule has 5 rings (SSSR count). The molecule has 2 heterocycles. The van der Waals surface area contributed by atoms with Crippen molar-refractivity contribution in [3.8, 4) is 5.69 Å². The molecule has 1 saturated heterocycles. The number of aromatic nitrogens is 2. The van der Waals surface area contributed by atoms with Gasteiger partial charge in [-0.15, -0.1) is 0 Å². The standard InChI is InChI=1S/C30H29FN4O/c1-21(34-30(36)26-4-2-5-28(20-26)35-19-3-16-33-35)22-6-8-23(9-7-22)29(25-14-17-32-18-15-25)24-10-12-27(31)13-11-24/h2-13,16,19-21,32H,14-15,17-18H2,1H3,(H,34,36)/t21-/m1/s1. The van der Waals surface area contributed by atoms with Gasteiger partial charge in [0.25, 0.3) is 5.91 Å². The lowest BCUT2D eigenvalue weighted by Crippen LogP contribution is -2.26. The zero-order valence-corrected chi connectivity index (χ0v) is 20.2. The first-order valence-electron chi connectivity index (χ1n) is 12.3. The summed E-state index contributed by atoms with van der Waals surface area (Å²) in [5.74, 6) is -0.368. The highest BCUT2D eigenvalue weighted by atomic mass is 19.1. The molecule has 0 bridgehead atoms. The van der Waals surface area contributed by atoms with E-state index in [2.05, 4.69) is 40.0 Å². The van der Waals surface area contributed by atoms with Crippen LogP contribution in [0.1, 0.15) is 52.9 Å². The molecule has 1 aromatic heterocycles. The summed E-state index contributed by atoms with van der Waals surface area (Å²) < 4.78 is 15.3. The maximum absolute atomic E-state index is 13.6.